The Hall–Kier alpha value is -0.170. The van der Waals surface area contributed by atoms with Crippen molar-refractivity contribution in [3.63, 3.8) is 0 Å². The van der Waals surface area contributed by atoms with Crippen molar-refractivity contribution in [2.24, 2.45) is 0 Å². The number of piperidine rings is 1. The molecule has 15 heavy (non-hydrogen) atoms. The molecule has 0 aromatic carbocycles. The molecular weight excluding hydrogens is 233 g/mol. The van der Waals surface area contributed by atoms with E-state index in [0.29, 0.717) is 6.04 Å². The second-order valence-corrected chi connectivity index (χ2v) is 4.09. The van der Waals surface area contributed by atoms with Gasteiger partial charge in [-0.05, 0) is 32.4 Å². The second-order valence-electron chi connectivity index (χ2n) is 4.09. The van der Waals surface area contributed by atoms with Crippen molar-refractivity contribution < 1.29 is 0 Å². The first-order chi connectivity index (χ1) is 6.40. The molecule has 0 spiro atoms. The smallest absolute Gasteiger partial charge is 0.179 e. The molecule has 0 unspecified atom stereocenters. The Labute approximate surface area is 104 Å². The Morgan fingerprint density at radius 3 is 2.20 bits per heavy atom. The maximum absolute atomic E-state index is 8.74. The van der Waals surface area contributed by atoms with Gasteiger partial charge in [0.2, 0.25) is 0 Å². The van der Waals surface area contributed by atoms with E-state index in [0.717, 1.165) is 13.1 Å². The van der Waals surface area contributed by atoms with Crippen LogP contribution in [0.5, 0.6) is 0 Å². The van der Waals surface area contributed by atoms with Crippen LogP contribution in [0.2, 0.25) is 0 Å². The van der Waals surface area contributed by atoms with E-state index in [1.54, 1.807) is 0 Å². The van der Waals surface area contributed by atoms with Crippen LogP contribution >= 0.6 is 24.8 Å². The van der Waals surface area contributed by atoms with E-state index in [-0.39, 0.29) is 24.8 Å². The first-order valence-electron chi connectivity index (χ1n) is 5.29. The largest absolute Gasteiger partial charge is 0.309 e. The summed E-state index contributed by atoms with van der Waals surface area (Å²) in [5, 5.41) is 8.74. The van der Waals surface area contributed by atoms with Gasteiger partial charge in [-0.25, -0.2) is 0 Å². The zero-order chi connectivity index (χ0) is 9.10. The van der Waals surface area contributed by atoms with E-state index in [2.05, 4.69) is 11.1 Å². The maximum atomic E-state index is 8.74. The molecule has 1 atom stereocenters. The molecule has 2 fully saturated rings. The Balaban J connectivity index is 0.000000980. The highest BCUT2D eigenvalue weighted by Gasteiger charge is 2.27. The second kappa shape index (κ2) is 7.16. The summed E-state index contributed by atoms with van der Waals surface area (Å²) in [6, 6.07) is 0.667. The lowest BCUT2D eigenvalue weighted by atomic mass is 10.1. The highest BCUT2D eigenvalue weighted by atomic mass is 35.5. The standard InChI is InChI=1S/C10H17N3.2ClH/c11-9-12-7-4-10(8-12)13-5-2-1-3-6-13;;/h10H,1-8H2;2*1H/t10-;;/m0../s1. The zero-order valence-corrected chi connectivity index (χ0v) is 10.5. The normalized spacial score (nSPS) is 26.3. The minimum atomic E-state index is 0. The highest BCUT2D eigenvalue weighted by molar-refractivity contribution is 5.85. The van der Waals surface area contributed by atoms with Crippen LogP contribution in [0.3, 0.4) is 0 Å². The molecule has 88 valence electrons. The van der Waals surface area contributed by atoms with Crippen LogP contribution in [-0.2, 0) is 0 Å². The van der Waals surface area contributed by atoms with E-state index in [9.17, 15) is 0 Å². The summed E-state index contributed by atoms with van der Waals surface area (Å²) in [4.78, 5) is 4.46. The van der Waals surface area contributed by atoms with Crippen molar-refractivity contribution in [2.75, 3.05) is 26.2 Å². The fourth-order valence-corrected chi connectivity index (χ4v) is 2.41. The number of hydrogen-bond donors (Lipinski definition) is 0. The first-order valence-corrected chi connectivity index (χ1v) is 5.29. The van der Waals surface area contributed by atoms with Crippen LogP contribution in [-0.4, -0.2) is 42.0 Å². The number of halogens is 2. The number of hydrogen-bond acceptors (Lipinski definition) is 3. The van der Waals surface area contributed by atoms with Gasteiger partial charge >= 0.3 is 0 Å². The van der Waals surface area contributed by atoms with Crippen molar-refractivity contribution >= 4 is 24.8 Å². The molecule has 3 nitrogen and oxygen atoms in total. The van der Waals surface area contributed by atoms with Crippen LogP contribution < -0.4 is 0 Å². The van der Waals surface area contributed by atoms with Gasteiger partial charge in [-0.15, -0.1) is 24.8 Å². The van der Waals surface area contributed by atoms with Gasteiger partial charge in [0.25, 0.3) is 0 Å². The van der Waals surface area contributed by atoms with Crippen molar-refractivity contribution in [2.45, 2.75) is 31.7 Å². The lowest BCUT2D eigenvalue weighted by Gasteiger charge is -2.31. The summed E-state index contributed by atoms with van der Waals surface area (Å²) in [5.74, 6) is 0. The van der Waals surface area contributed by atoms with Gasteiger partial charge in [0.05, 0.1) is 0 Å². The van der Waals surface area contributed by atoms with E-state index >= 15 is 0 Å². The van der Waals surface area contributed by atoms with Crippen LogP contribution in [0.1, 0.15) is 25.7 Å². The number of rotatable bonds is 1. The van der Waals surface area contributed by atoms with Gasteiger partial charge in [0.1, 0.15) is 0 Å². The van der Waals surface area contributed by atoms with E-state index in [1.165, 1.54) is 38.8 Å². The van der Waals surface area contributed by atoms with Crippen molar-refractivity contribution in [1.82, 2.24) is 9.80 Å². The number of likely N-dealkylation sites (tertiary alicyclic amines) is 2. The molecule has 0 amide bonds. The van der Waals surface area contributed by atoms with Gasteiger partial charge in [-0.1, -0.05) is 6.42 Å². The molecule has 5 heteroatoms. The predicted molar refractivity (Wildman–Crippen MR) is 65.5 cm³/mol. The topological polar surface area (TPSA) is 30.3 Å². The molecule has 0 N–H and O–H groups in total. The lowest BCUT2D eigenvalue weighted by Crippen LogP contribution is -2.40. The average molecular weight is 252 g/mol. The van der Waals surface area contributed by atoms with Crippen molar-refractivity contribution in [1.29, 1.82) is 5.26 Å². The summed E-state index contributed by atoms with van der Waals surface area (Å²) in [6.07, 6.45) is 7.52. The third-order valence-corrected chi connectivity index (χ3v) is 3.21. The van der Waals surface area contributed by atoms with Crippen molar-refractivity contribution in [3.8, 4) is 6.19 Å². The van der Waals surface area contributed by atoms with Gasteiger partial charge < -0.3 is 4.90 Å². The van der Waals surface area contributed by atoms with Gasteiger partial charge in [-0.2, -0.15) is 5.26 Å². The molecule has 0 aliphatic carbocycles. The third-order valence-electron chi connectivity index (χ3n) is 3.21. The van der Waals surface area contributed by atoms with Crippen molar-refractivity contribution in [3.05, 3.63) is 0 Å². The predicted octanol–water partition coefficient (Wildman–Crippen LogP) is 1.87. The molecule has 0 saturated carbocycles. The fraction of sp³-hybridized carbons (Fsp3) is 0.900. The summed E-state index contributed by atoms with van der Waals surface area (Å²) < 4.78 is 0. The summed E-state index contributed by atoms with van der Waals surface area (Å²) in [7, 11) is 0. The fourth-order valence-electron chi connectivity index (χ4n) is 2.41. The molecule has 2 aliphatic heterocycles. The zero-order valence-electron chi connectivity index (χ0n) is 8.89. The molecule has 2 rings (SSSR count). The van der Waals surface area contributed by atoms with Gasteiger partial charge in [0.15, 0.2) is 6.19 Å². The molecule has 2 saturated heterocycles. The average Bonchev–Trinajstić information content (AvgIpc) is 2.67. The van der Waals surface area contributed by atoms with Crippen LogP contribution in [0.15, 0.2) is 0 Å². The lowest BCUT2D eigenvalue weighted by molar-refractivity contribution is 0.168. The van der Waals surface area contributed by atoms with E-state index in [1.807, 2.05) is 4.90 Å². The van der Waals surface area contributed by atoms with Crippen LogP contribution in [0.25, 0.3) is 0 Å². The number of nitrogens with zero attached hydrogens (tertiary/aromatic N) is 3. The molecule has 2 heterocycles. The van der Waals surface area contributed by atoms with Crippen LogP contribution in [0.4, 0.5) is 0 Å². The summed E-state index contributed by atoms with van der Waals surface area (Å²) in [5.41, 5.74) is 0. The van der Waals surface area contributed by atoms with E-state index in [4.69, 9.17) is 5.26 Å². The Kier molecular flexibility index (Phi) is 7.08. The monoisotopic (exact) mass is 251 g/mol. The molecule has 0 radical (unpaired) electrons. The summed E-state index contributed by atoms with van der Waals surface area (Å²) in [6.45, 7) is 4.45. The Morgan fingerprint density at radius 2 is 1.67 bits per heavy atom. The summed E-state index contributed by atoms with van der Waals surface area (Å²) >= 11 is 0. The molecule has 0 aromatic heterocycles. The first kappa shape index (κ1) is 14.8. The minimum Gasteiger partial charge on any atom is -0.309 e. The SMILES string of the molecule is Cl.Cl.N#CN1CC[C@H](N2CCCCC2)C1. The van der Waals surface area contributed by atoms with Crippen LogP contribution in [0, 0.1) is 11.5 Å². The van der Waals surface area contributed by atoms with Gasteiger partial charge in [-0.3, -0.25) is 4.90 Å². The molecule has 2 aliphatic rings. The highest BCUT2D eigenvalue weighted by Crippen LogP contribution is 2.19. The Bertz CT molecular complexity index is 211. The minimum absolute atomic E-state index is 0. The maximum Gasteiger partial charge on any atom is 0.179 e. The van der Waals surface area contributed by atoms with Gasteiger partial charge in [0, 0.05) is 19.1 Å². The molecule has 0 aromatic rings. The third kappa shape index (κ3) is 3.71. The number of nitriles is 1. The molecular formula is C10H19Cl2N3. The Morgan fingerprint density at radius 1 is 1.00 bits per heavy atom. The molecule has 0 bridgehead atoms. The van der Waals surface area contributed by atoms with E-state index < -0.39 is 0 Å². The quantitative estimate of drug-likeness (QED) is 0.667.